The van der Waals surface area contributed by atoms with Crippen LogP contribution in [0.5, 0.6) is 0 Å². The summed E-state index contributed by atoms with van der Waals surface area (Å²) < 4.78 is 7.45. The Hall–Kier alpha value is -4.79. The highest BCUT2D eigenvalue weighted by atomic mass is 16.6. The predicted molar refractivity (Wildman–Crippen MR) is 125 cm³/mol. The van der Waals surface area contributed by atoms with Gasteiger partial charge in [0, 0.05) is 17.5 Å². The van der Waals surface area contributed by atoms with Gasteiger partial charge < -0.3 is 9.73 Å². The summed E-state index contributed by atoms with van der Waals surface area (Å²) in [4.78, 5) is 23.9. The first-order valence-electron chi connectivity index (χ1n) is 10.5. The van der Waals surface area contributed by atoms with Crippen molar-refractivity contribution in [1.29, 1.82) is 0 Å². The maximum atomic E-state index is 13.3. The minimum atomic E-state index is -0.552. The molecule has 5 aromatic rings. The third-order valence-electron chi connectivity index (χ3n) is 5.53. The number of hydrogen-bond donors (Lipinski definition) is 1. The highest BCUT2D eigenvalue weighted by Gasteiger charge is 2.25. The molecule has 9 nitrogen and oxygen atoms in total. The molecule has 0 saturated carbocycles. The van der Waals surface area contributed by atoms with E-state index in [1.165, 1.54) is 16.8 Å². The number of nitro groups is 1. The second-order valence-corrected chi connectivity index (χ2v) is 7.72. The zero-order chi connectivity index (χ0) is 23.7. The van der Waals surface area contributed by atoms with Crippen LogP contribution in [0.2, 0.25) is 0 Å². The molecule has 0 radical (unpaired) electrons. The van der Waals surface area contributed by atoms with Crippen LogP contribution in [0.4, 0.5) is 5.69 Å². The van der Waals surface area contributed by atoms with Gasteiger partial charge in [0.15, 0.2) is 5.69 Å². The normalized spacial score (nSPS) is 11.9. The molecule has 168 valence electrons. The van der Waals surface area contributed by atoms with Gasteiger partial charge in [-0.15, -0.1) is 5.10 Å². The fourth-order valence-corrected chi connectivity index (χ4v) is 3.83. The topological polar surface area (TPSA) is 116 Å². The van der Waals surface area contributed by atoms with E-state index in [1.54, 1.807) is 19.1 Å². The number of carbonyl (C=O) groups is 1. The average Bonchev–Trinajstić information content (AvgIpc) is 3.46. The monoisotopic (exact) mass is 453 g/mol. The van der Waals surface area contributed by atoms with E-state index in [0.29, 0.717) is 17.1 Å². The Bertz CT molecular complexity index is 1470. The first-order chi connectivity index (χ1) is 16.5. The molecule has 0 fully saturated rings. The fourth-order valence-electron chi connectivity index (χ4n) is 3.83. The summed E-state index contributed by atoms with van der Waals surface area (Å²) in [7, 11) is 0. The summed E-state index contributed by atoms with van der Waals surface area (Å²) in [6, 6.07) is 24.5. The van der Waals surface area contributed by atoms with Crippen molar-refractivity contribution in [1.82, 2.24) is 20.3 Å². The van der Waals surface area contributed by atoms with Gasteiger partial charge in [-0.05, 0) is 30.7 Å². The molecule has 1 atom stereocenters. The Morgan fingerprint density at radius 1 is 1.03 bits per heavy atom. The molecule has 1 amide bonds. The Balaban J connectivity index is 1.49. The van der Waals surface area contributed by atoms with Crippen molar-refractivity contribution in [3.8, 4) is 5.69 Å². The lowest BCUT2D eigenvalue weighted by atomic mass is 10.0. The summed E-state index contributed by atoms with van der Waals surface area (Å²) >= 11 is 0. The molecule has 1 N–H and O–H groups in total. The van der Waals surface area contributed by atoms with Gasteiger partial charge in [0.05, 0.1) is 16.3 Å². The summed E-state index contributed by atoms with van der Waals surface area (Å²) in [5.74, 6) is 0.146. The number of nitro benzene ring substituents is 1. The van der Waals surface area contributed by atoms with Crippen molar-refractivity contribution in [3.05, 3.63) is 118 Å². The number of furan rings is 1. The SMILES string of the molecule is Cc1c(C(=O)NC(c2ccccc2)c2cc3ccccc3o2)nnn1-c1cccc([N+](=O)[O-])c1. The quantitative estimate of drug-likeness (QED) is 0.293. The number of hydrogen-bond acceptors (Lipinski definition) is 6. The van der Waals surface area contributed by atoms with Gasteiger partial charge in [-0.1, -0.05) is 59.8 Å². The Kier molecular flexibility index (Phi) is 5.35. The molecule has 0 spiro atoms. The minimum Gasteiger partial charge on any atom is -0.459 e. The largest absolute Gasteiger partial charge is 0.459 e. The highest BCUT2D eigenvalue weighted by Crippen LogP contribution is 2.29. The fraction of sp³-hybridized carbons (Fsp3) is 0.0800. The predicted octanol–water partition coefficient (Wildman–Crippen LogP) is 4.75. The number of rotatable bonds is 6. The van der Waals surface area contributed by atoms with E-state index in [0.717, 1.165) is 16.5 Å². The molecule has 9 heteroatoms. The van der Waals surface area contributed by atoms with Crippen molar-refractivity contribution in [3.63, 3.8) is 0 Å². The van der Waals surface area contributed by atoms with Crippen molar-refractivity contribution < 1.29 is 14.1 Å². The zero-order valence-electron chi connectivity index (χ0n) is 18.1. The Morgan fingerprint density at radius 2 is 1.79 bits per heavy atom. The smallest absolute Gasteiger partial charge is 0.274 e. The summed E-state index contributed by atoms with van der Waals surface area (Å²) in [5, 5.41) is 23.2. The molecule has 5 rings (SSSR count). The Morgan fingerprint density at radius 3 is 2.56 bits per heavy atom. The van der Waals surface area contributed by atoms with E-state index in [9.17, 15) is 14.9 Å². The van der Waals surface area contributed by atoms with Crippen molar-refractivity contribution >= 4 is 22.6 Å². The summed E-state index contributed by atoms with van der Waals surface area (Å²) in [6.07, 6.45) is 0. The number of nitrogens with zero attached hydrogens (tertiary/aromatic N) is 4. The molecule has 0 bridgehead atoms. The highest BCUT2D eigenvalue weighted by molar-refractivity contribution is 5.94. The van der Waals surface area contributed by atoms with Crippen LogP contribution in [0, 0.1) is 17.0 Å². The van der Waals surface area contributed by atoms with Crippen molar-refractivity contribution in [2.45, 2.75) is 13.0 Å². The van der Waals surface area contributed by atoms with Gasteiger partial charge in [-0.2, -0.15) is 0 Å². The summed E-state index contributed by atoms with van der Waals surface area (Å²) in [5.41, 5.74) is 2.50. The van der Waals surface area contributed by atoms with E-state index in [-0.39, 0.29) is 11.4 Å². The van der Waals surface area contributed by atoms with Gasteiger partial charge >= 0.3 is 0 Å². The molecule has 1 unspecified atom stereocenters. The maximum absolute atomic E-state index is 13.3. The van der Waals surface area contributed by atoms with E-state index in [4.69, 9.17) is 4.42 Å². The van der Waals surface area contributed by atoms with E-state index in [1.807, 2.05) is 60.7 Å². The van der Waals surface area contributed by atoms with Crippen LogP contribution in [0.1, 0.15) is 33.5 Å². The first-order valence-corrected chi connectivity index (χ1v) is 10.5. The molecular weight excluding hydrogens is 434 g/mol. The third-order valence-corrected chi connectivity index (χ3v) is 5.53. The van der Waals surface area contributed by atoms with Gasteiger partial charge in [0.1, 0.15) is 17.4 Å². The van der Waals surface area contributed by atoms with Gasteiger partial charge in [-0.25, -0.2) is 4.68 Å². The number of carbonyl (C=O) groups excluding carboxylic acids is 1. The lowest BCUT2D eigenvalue weighted by Crippen LogP contribution is -2.30. The third kappa shape index (κ3) is 3.90. The van der Waals surface area contributed by atoms with Crippen LogP contribution < -0.4 is 5.32 Å². The molecule has 3 aromatic carbocycles. The number of nitrogens with one attached hydrogen (secondary N) is 1. The average molecular weight is 453 g/mol. The van der Waals surface area contributed by atoms with Crippen LogP contribution in [0.25, 0.3) is 16.7 Å². The number of aromatic nitrogens is 3. The van der Waals surface area contributed by atoms with Crippen molar-refractivity contribution in [2.24, 2.45) is 0 Å². The van der Waals surface area contributed by atoms with Crippen LogP contribution in [0.15, 0.2) is 89.3 Å². The Labute approximate surface area is 193 Å². The number of amides is 1. The number of benzene rings is 3. The second kappa shape index (κ2) is 8.62. The lowest BCUT2D eigenvalue weighted by molar-refractivity contribution is -0.384. The second-order valence-electron chi connectivity index (χ2n) is 7.72. The molecule has 34 heavy (non-hydrogen) atoms. The molecule has 0 saturated heterocycles. The van der Waals surface area contributed by atoms with E-state index in [2.05, 4.69) is 15.6 Å². The molecule has 0 aliphatic carbocycles. The molecule has 2 aromatic heterocycles. The molecule has 2 heterocycles. The molecule has 0 aliphatic rings. The number of fused-ring (bicyclic) bond motifs is 1. The maximum Gasteiger partial charge on any atom is 0.274 e. The van der Waals surface area contributed by atoms with E-state index < -0.39 is 16.9 Å². The lowest BCUT2D eigenvalue weighted by Gasteiger charge is -2.16. The standard InChI is InChI=1S/C25H19N5O4/c1-16-23(27-28-29(16)19-11-7-12-20(15-19)30(32)33)25(31)26-24(17-8-3-2-4-9-17)22-14-18-10-5-6-13-21(18)34-22/h2-15,24H,1H3,(H,26,31). The van der Waals surface area contributed by atoms with Gasteiger partial charge in [0.25, 0.3) is 11.6 Å². The van der Waals surface area contributed by atoms with Crippen LogP contribution in [0.3, 0.4) is 0 Å². The minimum absolute atomic E-state index is 0.0765. The van der Waals surface area contributed by atoms with Crippen LogP contribution in [-0.2, 0) is 0 Å². The molecular formula is C25H19N5O4. The summed E-state index contributed by atoms with van der Waals surface area (Å²) in [6.45, 7) is 1.69. The van der Waals surface area contributed by atoms with E-state index >= 15 is 0 Å². The van der Waals surface area contributed by atoms with Gasteiger partial charge in [0.2, 0.25) is 0 Å². The molecule has 0 aliphatic heterocycles. The number of para-hydroxylation sites is 1. The van der Waals surface area contributed by atoms with Crippen molar-refractivity contribution in [2.75, 3.05) is 0 Å². The number of non-ortho nitro benzene ring substituents is 1. The van der Waals surface area contributed by atoms with Gasteiger partial charge in [-0.3, -0.25) is 14.9 Å². The zero-order valence-corrected chi connectivity index (χ0v) is 18.1. The van der Waals surface area contributed by atoms with Crippen LogP contribution >= 0.6 is 0 Å². The van der Waals surface area contributed by atoms with Crippen LogP contribution in [-0.4, -0.2) is 25.8 Å². The first kappa shape index (κ1) is 21.1.